The molecule has 0 unspecified atom stereocenters. The average molecular weight is 476 g/mol. The van der Waals surface area contributed by atoms with E-state index >= 15 is 0 Å². The third kappa shape index (κ3) is 9.14. The van der Waals surface area contributed by atoms with Crippen molar-refractivity contribution < 1.29 is 19.4 Å². The molecular formula is C25H34ClN3O4. The molecule has 0 aliphatic heterocycles. The maximum atomic E-state index is 12.5. The van der Waals surface area contributed by atoms with Gasteiger partial charge >= 0.3 is 12.0 Å². The van der Waals surface area contributed by atoms with E-state index in [2.05, 4.69) is 17.2 Å². The second kappa shape index (κ2) is 14.9. The van der Waals surface area contributed by atoms with Gasteiger partial charge in [-0.15, -0.1) is 12.4 Å². The van der Waals surface area contributed by atoms with Gasteiger partial charge in [0.15, 0.2) is 0 Å². The van der Waals surface area contributed by atoms with Gasteiger partial charge in [-0.05, 0) is 43.2 Å². The van der Waals surface area contributed by atoms with Gasteiger partial charge in [0.1, 0.15) is 0 Å². The fraction of sp³-hybridized carbons (Fsp3) is 0.400. The highest BCUT2D eigenvalue weighted by molar-refractivity contribution is 5.92. The molecule has 1 aromatic carbocycles. The SMILES string of the molecule is CCCCCCCNC(=O)N(C)c1cccc(-c2ccc(/C=C(\OCC)C(=O)O)cn2)c1.Cl. The Balaban J connectivity index is 0.00000544. The number of pyridine rings is 1. The zero-order valence-corrected chi connectivity index (χ0v) is 20.4. The van der Waals surface area contributed by atoms with E-state index in [1.54, 1.807) is 31.1 Å². The van der Waals surface area contributed by atoms with Crippen LogP contribution >= 0.6 is 12.4 Å². The number of aliphatic carboxylic acids is 1. The summed E-state index contributed by atoms with van der Waals surface area (Å²) in [5.74, 6) is -1.24. The molecule has 0 saturated carbocycles. The topological polar surface area (TPSA) is 91.8 Å². The second-order valence-electron chi connectivity index (χ2n) is 7.48. The highest BCUT2D eigenvalue weighted by Gasteiger charge is 2.12. The minimum Gasteiger partial charge on any atom is -0.487 e. The predicted molar refractivity (Wildman–Crippen MR) is 135 cm³/mol. The first-order chi connectivity index (χ1) is 15.5. The number of nitrogens with one attached hydrogen (secondary N) is 1. The van der Waals surface area contributed by atoms with Gasteiger partial charge in [-0.1, -0.05) is 50.8 Å². The zero-order chi connectivity index (χ0) is 23.3. The Morgan fingerprint density at radius 1 is 1.12 bits per heavy atom. The molecule has 180 valence electrons. The van der Waals surface area contributed by atoms with Crippen LogP contribution in [0.25, 0.3) is 17.3 Å². The van der Waals surface area contributed by atoms with Crippen molar-refractivity contribution in [3.05, 3.63) is 53.9 Å². The summed E-state index contributed by atoms with van der Waals surface area (Å²) in [5.41, 5.74) is 2.98. The van der Waals surface area contributed by atoms with Crippen LogP contribution in [0, 0.1) is 0 Å². The number of amides is 2. The summed E-state index contributed by atoms with van der Waals surface area (Å²) in [7, 11) is 1.74. The number of nitrogens with zero attached hydrogens (tertiary/aromatic N) is 2. The van der Waals surface area contributed by atoms with Gasteiger partial charge in [-0.2, -0.15) is 0 Å². The number of urea groups is 1. The van der Waals surface area contributed by atoms with Crippen LogP contribution in [0.5, 0.6) is 0 Å². The standard InChI is InChI=1S/C25H33N3O4.ClH/c1-4-6-7-8-9-15-26-25(31)28(3)21-12-10-11-20(17-21)22-14-13-19(18-27-22)16-23(24(29)30)32-5-2;/h10-14,16-18H,4-9,15H2,1-3H3,(H,26,31)(H,29,30);1H/b23-16-;. The number of benzene rings is 1. The lowest BCUT2D eigenvalue weighted by Crippen LogP contribution is -2.37. The number of carboxylic acid groups (broad SMARTS) is 1. The van der Waals surface area contributed by atoms with Crippen molar-refractivity contribution >= 4 is 36.2 Å². The van der Waals surface area contributed by atoms with Crippen LogP contribution in [0.15, 0.2) is 48.4 Å². The predicted octanol–water partition coefficient (Wildman–Crippen LogP) is 5.75. The number of rotatable bonds is 12. The van der Waals surface area contributed by atoms with Crippen LogP contribution in [-0.4, -0.2) is 42.3 Å². The number of hydrogen-bond acceptors (Lipinski definition) is 4. The molecule has 2 N–H and O–H groups in total. The van der Waals surface area contributed by atoms with Crippen molar-refractivity contribution in [2.75, 3.05) is 25.1 Å². The van der Waals surface area contributed by atoms with E-state index in [1.165, 1.54) is 25.3 Å². The second-order valence-corrected chi connectivity index (χ2v) is 7.48. The number of unbranched alkanes of at least 4 members (excludes halogenated alkanes) is 4. The van der Waals surface area contributed by atoms with Crippen LogP contribution < -0.4 is 10.2 Å². The first-order valence-corrected chi connectivity index (χ1v) is 11.1. The molecule has 2 aromatic rings. The Hall–Kier alpha value is -3.06. The lowest BCUT2D eigenvalue weighted by Gasteiger charge is -2.19. The molecule has 0 aliphatic carbocycles. The monoisotopic (exact) mass is 475 g/mol. The van der Waals surface area contributed by atoms with Crippen molar-refractivity contribution in [3.63, 3.8) is 0 Å². The fourth-order valence-electron chi connectivity index (χ4n) is 3.17. The summed E-state index contributed by atoms with van der Waals surface area (Å²) in [6, 6.07) is 11.0. The number of halogens is 1. The van der Waals surface area contributed by atoms with Crippen LogP contribution in [0.3, 0.4) is 0 Å². The van der Waals surface area contributed by atoms with E-state index in [9.17, 15) is 14.7 Å². The van der Waals surface area contributed by atoms with Crippen LogP contribution in [0.2, 0.25) is 0 Å². The Bertz CT molecular complexity index is 916. The van der Waals surface area contributed by atoms with E-state index < -0.39 is 5.97 Å². The molecule has 0 aliphatic rings. The maximum Gasteiger partial charge on any atom is 0.371 e. The highest BCUT2D eigenvalue weighted by Crippen LogP contribution is 2.23. The van der Waals surface area contributed by atoms with E-state index in [1.807, 2.05) is 30.3 Å². The molecule has 1 aromatic heterocycles. The summed E-state index contributed by atoms with van der Waals surface area (Å²) in [5, 5.41) is 12.1. The molecule has 0 atom stereocenters. The molecular weight excluding hydrogens is 442 g/mol. The molecule has 8 heteroatoms. The van der Waals surface area contributed by atoms with Gasteiger partial charge < -0.3 is 15.2 Å². The molecule has 0 bridgehead atoms. The van der Waals surface area contributed by atoms with E-state index in [4.69, 9.17) is 4.74 Å². The summed E-state index contributed by atoms with van der Waals surface area (Å²) in [6.45, 7) is 4.86. The first kappa shape index (κ1) is 28.0. The number of ether oxygens (including phenoxy) is 1. The number of carbonyl (C=O) groups excluding carboxylic acids is 1. The number of hydrogen-bond donors (Lipinski definition) is 2. The van der Waals surface area contributed by atoms with Crippen molar-refractivity contribution in [2.45, 2.75) is 46.0 Å². The molecule has 2 rings (SSSR count). The van der Waals surface area contributed by atoms with E-state index in [-0.39, 0.29) is 30.8 Å². The zero-order valence-electron chi connectivity index (χ0n) is 19.5. The third-order valence-corrected chi connectivity index (χ3v) is 4.99. The van der Waals surface area contributed by atoms with Gasteiger partial charge in [0.2, 0.25) is 5.76 Å². The molecule has 0 radical (unpaired) electrons. The fourth-order valence-corrected chi connectivity index (χ4v) is 3.17. The summed E-state index contributed by atoms with van der Waals surface area (Å²) < 4.78 is 5.13. The minimum absolute atomic E-state index is 0. The quantitative estimate of drug-likeness (QED) is 0.232. The Morgan fingerprint density at radius 3 is 2.52 bits per heavy atom. The molecule has 33 heavy (non-hydrogen) atoms. The highest BCUT2D eigenvalue weighted by atomic mass is 35.5. The Labute approximate surface area is 202 Å². The number of carbonyl (C=O) groups is 2. The Kier molecular flexibility index (Phi) is 12.6. The van der Waals surface area contributed by atoms with Crippen molar-refractivity contribution in [1.82, 2.24) is 10.3 Å². The first-order valence-electron chi connectivity index (χ1n) is 11.1. The Morgan fingerprint density at radius 2 is 1.88 bits per heavy atom. The lowest BCUT2D eigenvalue weighted by atomic mass is 10.1. The molecule has 0 saturated heterocycles. The van der Waals surface area contributed by atoms with E-state index in [0.29, 0.717) is 12.1 Å². The van der Waals surface area contributed by atoms with E-state index in [0.717, 1.165) is 29.8 Å². The third-order valence-electron chi connectivity index (χ3n) is 4.99. The number of anilines is 1. The molecule has 0 spiro atoms. The van der Waals surface area contributed by atoms with Gasteiger partial charge in [-0.25, -0.2) is 9.59 Å². The largest absolute Gasteiger partial charge is 0.487 e. The van der Waals surface area contributed by atoms with Crippen molar-refractivity contribution in [3.8, 4) is 11.3 Å². The average Bonchev–Trinajstić information content (AvgIpc) is 2.81. The van der Waals surface area contributed by atoms with Crippen LogP contribution in [0.4, 0.5) is 10.5 Å². The molecule has 7 nitrogen and oxygen atoms in total. The van der Waals surface area contributed by atoms with Gasteiger partial charge in [-0.3, -0.25) is 9.88 Å². The summed E-state index contributed by atoms with van der Waals surface area (Å²) in [4.78, 5) is 29.7. The summed E-state index contributed by atoms with van der Waals surface area (Å²) >= 11 is 0. The molecule has 2 amide bonds. The maximum absolute atomic E-state index is 12.5. The normalized spacial score (nSPS) is 10.8. The smallest absolute Gasteiger partial charge is 0.371 e. The minimum atomic E-state index is -1.12. The van der Waals surface area contributed by atoms with Gasteiger partial charge in [0, 0.05) is 31.0 Å². The lowest BCUT2D eigenvalue weighted by molar-refractivity contribution is -0.136. The van der Waals surface area contributed by atoms with Gasteiger partial charge in [0.25, 0.3) is 0 Å². The van der Waals surface area contributed by atoms with Gasteiger partial charge in [0.05, 0.1) is 12.3 Å². The number of carboxylic acids is 1. The number of aromatic nitrogens is 1. The molecule has 1 heterocycles. The molecule has 0 fully saturated rings. The van der Waals surface area contributed by atoms with Crippen molar-refractivity contribution in [1.29, 1.82) is 0 Å². The van der Waals surface area contributed by atoms with Crippen molar-refractivity contribution in [2.24, 2.45) is 0 Å². The summed E-state index contributed by atoms with van der Waals surface area (Å²) in [6.07, 6.45) is 8.79. The van der Waals surface area contributed by atoms with Crippen LogP contribution in [-0.2, 0) is 9.53 Å². The van der Waals surface area contributed by atoms with Crippen LogP contribution in [0.1, 0.15) is 51.5 Å².